The van der Waals surface area contributed by atoms with Crippen LogP contribution in [-0.4, -0.2) is 60.9 Å². The number of ether oxygens (including phenoxy) is 1. The van der Waals surface area contributed by atoms with Gasteiger partial charge in [-0.3, -0.25) is 10.1 Å². The van der Waals surface area contributed by atoms with Crippen molar-refractivity contribution in [3.63, 3.8) is 0 Å². The van der Waals surface area contributed by atoms with E-state index in [9.17, 15) is 20.0 Å². The Hall–Kier alpha value is -2.79. The van der Waals surface area contributed by atoms with Crippen LogP contribution in [0.1, 0.15) is 50.5 Å². The molecule has 8 heteroatoms. The molecule has 8 nitrogen and oxygen atoms in total. The molecule has 2 N–H and O–H groups in total. The fourth-order valence-corrected chi connectivity index (χ4v) is 5.43. The Labute approximate surface area is 182 Å². The molecule has 3 fully saturated rings. The first-order chi connectivity index (χ1) is 15.0. The Kier molecular flexibility index (Phi) is 6.05. The summed E-state index contributed by atoms with van der Waals surface area (Å²) in [5.41, 5.74) is 1.37. The molecule has 0 aromatic heterocycles. The Morgan fingerprint density at radius 3 is 2.74 bits per heavy atom. The Bertz CT molecular complexity index is 890. The SMILES string of the molecule is COC(=O)Nc1ccc(N2CCC[C@@]3(CCN([C@H]4CC[C@H](O)CC4)C3=O)C2)c(C#N)c1. The lowest BCUT2D eigenvalue weighted by Gasteiger charge is -2.41. The second kappa shape index (κ2) is 8.75. The second-order valence-electron chi connectivity index (χ2n) is 8.98. The summed E-state index contributed by atoms with van der Waals surface area (Å²) in [6, 6.07) is 7.70. The van der Waals surface area contributed by atoms with Crippen molar-refractivity contribution in [3.8, 4) is 6.07 Å². The number of rotatable bonds is 3. The van der Waals surface area contributed by atoms with E-state index in [4.69, 9.17) is 0 Å². The molecule has 3 aliphatic rings. The van der Waals surface area contributed by atoms with Gasteiger partial charge in [-0.2, -0.15) is 5.26 Å². The van der Waals surface area contributed by atoms with Crippen molar-refractivity contribution in [1.29, 1.82) is 5.26 Å². The highest BCUT2D eigenvalue weighted by Crippen LogP contribution is 2.44. The van der Waals surface area contributed by atoms with E-state index < -0.39 is 11.5 Å². The summed E-state index contributed by atoms with van der Waals surface area (Å²) in [4.78, 5) is 29.2. The van der Waals surface area contributed by atoms with Gasteiger partial charge < -0.3 is 19.6 Å². The number of aliphatic hydroxyl groups excluding tert-OH is 1. The van der Waals surface area contributed by atoms with Crippen LogP contribution in [0.4, 0.5) is 16.2 Å². The standard InChI is InChI=1S/C23H30N4O4/c1-31-22(30)25-17-3-8-20(16(13-17)14-24)26-11-2-9-23(15-26)10-12-27(21(23)29)18-4-6-19(28)7-5-18/h3,8,13,18-19,28H,2,4-7,9-12,15H2,1H3,(H,25,30)/t18-,19-,23-/m1/s1. The molecule has 1 aromatic rings. The highest BCUT2D eigenvalue weighted by molar-refractivity contribution is 5.87. The van der Waals surface area contributed by atoms with E-state index in [0.29, 0.717) is 17.8 Å². The zero-order valence-electron chi connectivity index (χ0n) is 18.0. The second-order valence-corrected chi connectivity index (χ2v) is 8.98. The first-order valence-electron chi connectivity index (χ1n) is 11.1. The number of piperidine rings is 1. The molecule has 4 rings (SSSR count). The predicted octanol–water partition coefficient (Wildman–Crippen LogP) is 2.86. The number of aliphatic hydroxyl groups is 1. The number of anilines is 2. The smallest absolute Gasteiger partial charge is 0.411 e. The maximum atomic E-state index is 13.5. The van der Waals surface area contributed by atoms with E-state index in [1.165, 1.54) is 7.11 Å². The number of nitrogens with zero attached hydrogens (tertiary/aromatic N) is 3. The van der Waals surface area contributed by atoms with Crippen LogP contribution in [0, 0.1) is 16.7 Å². The molecule has 2 saturated heterocycles. The normalized spacial score (nSPS) is 28.5. The van der Waals surface area contributed by atoms with Crippen molar-refractivity contribution in [2.24, 2.45) is 5.41 Å². The maximum absolute atomic E-state index is 13.5. The van der Waals surface area contributed by atoms with Crippen LogP contribution < -0.4 is 10.2 Å². The molecule has 1 aromatic carbocycles. The maximum Gasteiger partial charge on any atom is 0.411 e. The third-order valence-electron chi connectivity index (χ3n) is 7.12. The number of amides is 2. The van der Waals surface area contributed by atoms with Crippen LogP contribution in [0.2, 0.25) is 0 Å². The number of benzene rings is 1. The molecule has 31 heavy (non-hydrogen) atoms. The van der Waals surface area contributed by atoms with Crippen LogP contribution in [0.3, 0.4) is 0 Å². The van der Waals surface area contributed by atoms with Crippen molar-refractivity contribution in [3.05, 3.63) is 23.8 Å². The number of nitrogens with one attached hydrogen (secondary N) is 1. The summed E-state index contributed by atoms with van der Waals surface area (Å²) in [6.07, 6.45) is 5.09. The Morgan fingerprint density at radius 1 is 1.26 bits per heavy atom. The van der Waals surface area contributed by atoms with E-state index in [1.807, 2.05) is 6.07 Å². The van der Waals surface area contributed by atoms with Gasteiger partial charge in [0.05, 0.1) is 29.9 Å². The summed E-state index contributed by atoms with van der Waals surface area (Å²) in [5, 5.41) is 22.1. The molecule has 0 bridgehead atoms. The van der Waals surface area contributed by atoms with Gasteiger partial charge in [-0.15, -0.1) is 0 Å². The summed E-state index contributed by atoms with van der Waals surface area (Å²) in [5.74, 6) is 0.237. The highest BCUT2D eigenvalue weighted by Gasteiger charge is 2.50. The molecule has 1 saturated carbocycles. The predicted molar refractivity (Wildman–Crippen MR) is 116 cm³/mol. The summed E-state index contributed by atoms with van der Waals surface area (Å²) in [6.45, 7) is 2.18. The van der Waals surface area contributed by atoms with Gasteiger partial charge in [-0.1, -0.05) is 0 Å². The van der Waals surface area contributed by atoms with E-state index in [0.717, 1.165) is 63.7 Å². The van der Waals surface area contributed by atoms with Gasteiger partial charge in [0.2, 0.25) is 5.91 Å². The summed E-state index contributed by atoms with van der Waals surface area (Å²) >= 11 is 0. The lowest BCUT2D eigenvalue weighted by Crippen LogP contribution is -2.50. The topological polar surface area (TPSA) is 106 Å². The van der Waals surface area contributed by atoms with Crippen LogP contribution in [0.15, 0.2) is 18.2 Å². The van der Waals surface area contributed by atoms with Crippen molar-refractivity contribution >= 4 is 23.4 Å². The minimum atomic E-state index is -0.583. The zero-order valence-corrected chi connectivity index (χ0v) is 18.0. The highest BCUT2D eigenvalue weighted by atomic mass is 16.5. The number of methoxy groups -OCH3 is 1. The minimum absolute atomic E-state index is 0.228. The van der Waals surface area contributed by atoms with Crippen molar-refractivity contribution in [1.82, 2.24) is 4.90 Å². The van der Waals surface area contributed by atoms with Gasteiger partial charge in [0, 0.05) is 31.4 Å². The van der Waals surface area contributed by atoms with Crippen LogP contribution in [0.5, 0.6) is 0 Å². The van der Waals surface area contributed by atoms with E-state index in [2.05, 4.69) is 25.9 Å². The van der Waals surface area contributed by atoms with Crippen molar-refractivity contribution in [2.45, 2.75) is 57.1 Å². The molecule has 2 heterocycles. The van der Waals surface area contributed by atoms with Gasteiger partial charge >= 0.3 is 6.09 Å². The number of hydrogen-bond acceptors (Lipinski definition) is 6. The van der Waals surface area contributed by atoms with Gasteiger partial charge in [-0.25, -0.2) is 4.79 Å². The molecule has 1 spiro atoms. The molecule has 2 aliphatic heterocycles. The first-order valence-corrected chi connectivity index (χ1v) is 11.1. The largest absolute Gasteiger partial charge is 0.453 e. The lowest BCUT2D eigenvalue weighted by atomic mass is 9.78. The lowest BCUT2D eigenvalue weighted by molar-refractivity contribution is -0.139. The monoisotopic (exact) mass is 426 g/mol. The van der Waals surface area contributed by atoms with Crippen LogP contribution >= 0.6 is 0 Å². The molecule has 166 valence electrons. The Morgan fingerprint density at radius 2 is 2.03 bits per heavy atom. The van der Waals surface area contributed by atoms with E-state index in [1.54, 1.807) is 12.1 Å². The van der Waals surface area contributed by atoms with Crippen molar-refractivity contribution in [2.75, 3.05) is 37.0 Å². The number of likely N-dealkylation sites (tertiary alicyclic amines) is 1. The molecule has 0 radical (unpaired) electrons. The van der Waals surface area contributed by atoms with E-state index in [-0.39, 0.29) is 18.1 Å². The third-order valence-corrected chi connectivity index (χ3v) is 7.12. The Balaban J connectivity index is 1.50. The van der Waals surface area contributed by atoms with Gasteiger partial charge in [-0.05, 0) is 63.1 Å². The molecule has 0 unspecified atom stereocenters. The quantitative estimate of drug-likeness (QED) is 0.770. The van der Waals surface area contributed by atoms with E-state index >= 15 is 0 Å². The number of hydrogen-bond donors (Lipinski definition) is 2. The van der Waals surface area contributed by atoms with Gasteiger partial charge in [0.25, 0.3) is 0 Å². The third kappa shape index (κ3) is 4.19. The van der Waals surface area contributed by atoms with Gasteiger partial charge in [0.15, 0.2) is 0 Å². The fourth-order valence-electron chi connectivity index (χ4n) is 5.43. The molecule has 1 aliphatic carbocycles. The summed E-state index contributed by atoms with van der Waals surface area (Å²) < 4.78 is 4.62. The van der Waals surface area contributed by atoms with Crippen LogP contribution in [-0.2, 0) is 9.53 Å². The fraction of sp³-hybridized carbons (Fsp3) is 0.609. The average Bonchev–Trinajstić information content (AvgIpc) is 3.09. The zero-order chi connectivity index (χ0) is 22.0. The van der Waals surface area contributed by atoms with Crippen LogP contribution in [0.25, 0.3) is 0 Å². The van der Waals surface area contributed by atoms with Crippen molar-refractivity contribution < 1.29 is 19.4 Å². The average molecular weight is 427 g/mol. The molecule has 1 atom stereocenters. The first kappa shape index (κ1) is 21.4. The molecular formula is C23H30N4O4. The number of carbonyl (C=O) groups is 2. The van der Waals surface area contributed by atoms with Gasteiger partial charge in [0.1, 0.15) is 6.07 Å². The molecule has 2 amide bonds. The number of nitriles is 1. The molecular weight excluding hydrogens is 396 g/mol. The summed E-state index contributed by atoms with van der Waals surface area (Å²) in [7, 11) is 1.29. The minimum Gasteiger partial charge on any atom is -0.453 e. The number of carbonyl (C=O) groups excluding carboxylic acids is 2.